The number of carbonyl (C=O) groups excluding carboxylic acids is 2. The number of hydrogen-bond acceptors (Lipinski definition) is 3. The topological polar surface area (TPSA) is 43.4 Å². The van der Waals surface area contributed by atoms with Gasteiger partial charge in [0.25, 0.3) is 6.47 Å². The summed E-state index contributed by atoms with van der Waals surface area (Å²) in [5, 5.41) is 0. The van der Waals surface area contributed by atoms with Gasteiger partial charge in [-0.15, -0.1) is 0 Å². The number of benzene rings is 2. The number of ether oxygens (including phenoxy) is 1. The lowest BCUT2D eigenvalue weighted by Gasteiger charge is -2.14. The van der Waals surface area contributed by atoms with Crippen LogP contribution in [0.15, 0.2) is 60.7 Å². The van der Waals surface area contributed by atoms with Crippen LogP contribution < -0.4 is 0 Å². The molecular formula is C15H12O3. The molecule has 18 heavy (non-hydrogen) atoms. The molecule has 2 rings (SSSR count). The van der Waals surface area contributed by atoms with Crippen molar-refractivity contribution in [3.63, 3.8) is 0 Å². The molecule has 0 N–H and O–H groups in total. The van der Waals surface area contributed by atoms with Gasteiger partial charge in [-0.2, -0.15) is 0 Å². The number of Topliss-reactive ketones (excluding diaryl/α,β-unsaturated/α-hetero) is 1. The summed E-state index contributed by atoms with van der Waals surface area (Å²) in [7, 11) is 0. The second-order valence-corrected chi connectivity index (χ2v) is 3.75. The van der Waals surface area contributed by atoms with Gasteiger partial charge >= 0.3 is 0 Å². The largest absolute Gasteiger partial charge is 0.451 e. The SMILES string of the molecule is O=COC(C(=O)c1ccccc1)c1ccccc1. The molecule has 1 unspecified atom stereocenters. The first kappa shape index (κ1) is 12.0. The Labute approximate surface area is 105 Å². The number of ketones is 1. The van der Waals surface area contributed by atoms with Crippen molar-refractivity contribution < 1.29 is 14.3 Å². The van der Waals surface area contributed by atoms with Crippen LogP contribution >= 0.6 is 0 Å². The van der Waals surface area contributed by atoms with E-state index < -0.39 is 6.10 Å². The van der Waals surface area contributed by atoms with Crippen LogP contribution in [0.3, 0.4) is 0 Å². The molecule has 90 valence electrons. The highest BCUT2D eigenvalue weighted by Gasteiger charge is 2.22. The van der Waals surface area contributed by atoms with Crippen LogP contribution in [0, 0.1) is 0 Å². The third-order valence-corrected chi connectivity index (χ3v) is 2.59. The van der Waals surface area contributed by atoms with Gasteiger partial charge in [-0.25, -0.2) is 0 Å². The Bertz CT molecular complexity index is 520. The maximum atomic E-state index is 12.3. The van der Waals surface area contributed by atoms with Gasteiger partial charge < -0.3 is 4.74 Å². The van der Waals surface area contributed by atoms with Gasteiger partial charge in [0, 0.05) is 11.1 Å². The highest BCUT2D eigenvalue weighted by molar-refractivity contribution is 6.00. The minimum atomic E-state index is -0.883. The zero-order valence-corrected chi connectivity index (χ0v) is 9.65. The maximum Gasteiger partial charge on any atom is 0.294 e. The lowest BCUT2D eigenvalue weighted by Crippen LogP contribution is -2.15. The van der Waals surface area contributed by atoms with E-state index in [-0.39, 0.29) is 5.78 Å². The molecule has 1 atom stereocenters. The van der Waals surface area contributed by atoms with Crippen molar-refractivity contribution >= 4 is 12.3 Å². The summed E-state index contributed by atoms with van der Waals surface area (Å²) < 4.78 is 4.91. The van der Waals surface area contributed by atoms with Gasteiger partial charge in [0.05, 0.1) is 0 Å². The fourth-order valence-electron chi connectivity index (χ4n) is 1.73. The monoisotopic (exact) mass is 240 g/mol. The van der Waals surface area contributed by atoms with E-state index in [2.05, 4.69) is 0 Å². The highest BCUT2D eigenvalue weighted by atomic mass is 16.5. The number of carbonyl (C=O) groups is 2. The molecule has 0 aromatic heterocycles. The smallest absolute Gasteiger partial charge is 0.294 e. The van der Waals surface area contributed by atoms with E-state index in [1.807, 2.05) is 12.1 Å². The Morgan fingerprint density at radius 3 is 2.06 bits per heavy atom. The molecule has 0 bridgehead atoms. The summed E-state index contributed by atoms with van der Waals surface area (Å²) >= 11 is 0. The van der Waals surface area contributed by atoms with Gasteiger partial charge in [0.15, 0.2) is 6.10 Å². The first-order valence-corrected chi connectivity index (χ1v) is 5.56. The van der Waals surface area contributed by atoms with Crippen molar-refractivity contribution in [1.29, 1.82) is 0 Å². The normalized spacial score (nSPS) is 11.6. The van der Waals surface area contributed by atoms with Crippen LogP contribution in [0.5, 0.6) is 0 Å². The molecule has 0 aliphatic rings. The average molecular weight is 240 g/mol. The fourth-order valence-corrected chi connectivity index (χ4v) is 1.73. The van der Waals surface area contributed by atoms with E-state index >= 15 is 0 Å². The zero-order valence-electron chi connectivity index (χ0n) is 9.65. The summed E-state index contributed by atoms with van der Waals surface area (Å²) in [6.45, 7) is 0.304. The summed E-state index contributed by atoms with van der Waals surface area (Å²) in [6.07, 6.45) is -0.883. The summed E-state index contributed by atoms with van der Waals surface area (Å²) in [4.78, 5) is 22.8. The number of rotatable bonds is 5. The molecule has 0 radical (unpaired) electrons. The Kier molecular flexibility index (Phi) is 3.86. The summed E-state index contributed by atoms with van der Waals surface area (Å²) in [5.41, 5.74) is 1.19. The molecule has 0 aliphatic carbocycles. The first-order valence-electron chi connectivity index (χ1n) is 5.56. The molecule has 3 heteroatoms. The van der Waals surface area contributed by atoms with Crippen LogP contribution in [-0.4, -0.2) is 12.3 Å². The Morgan fingerprint density at radius 2 is 1.50 bits per heavy atom. The molecule has 3 nitrogen and oxygen atoms in total. The standard InChI is InChI=1S/C15H12O3/c16-11-18-15(13-9-5-2-6-10-13)14(17)12-7-3-1-4-8-12/h1-11,15H. The van der Waals surface area contributed by atoms with Crippen molar-refractivity contribution in [3.8, 4) is 0 Å². The van der Waals surface area contributed by atoms with E-state index in [0.29, 0.717) is 17.6 Å². The van der Waals surface area contributed by atoms with Crippen LogP contribution in [0.4, 0.5) is 0 Å². The van der Waals surface area contributed by atoms with E-state index in [9.17, 15) is 9.59 Å². The van der Waals surface area contributed by atoms with Gasteiger partial charge in [-0.3, -0.25) is 9.59 Å². The average Bonchev–Trinajstić information content (AvgIpc) is 2.46. The lowest BCUT2D eigenvalue weighted by atomic mass is 10.00. The third kappa shape index (κ3) is 2.63. The molecule has 0 heterocycles. The number of hydrogen-bond donors (Lipinski definition) is 0. The fraction of sp³-hybridized carbons (Fsp3) is 0.0667. The molecule has 0 amide bonds. The van der Waals surface area contributed by atoms with E-state index in [0.717, 1.165) is 0 Å². The predicted octanol–water partition coefficient (Wildman–Crippen LogP) is 2.78. The Hall–Kier alpha value is -2.42. The molecule has 0 fully saturated rings. The first-order chi connectivity index (χ1) is 8.83. The Morgan fingerprint density at radius 1 is 0.944 bits per heavy atom. The molecule has 0 aliphatic heterocycles. The Balaban J connectivity index is 2.32. The molecule has 2 aromatic carbocycles. The van der Waals surface area contributed by atoms with Crippen LogP contribution in [0.25, 0.3) is 0 Å². The van der Waals surface area contributed by atoms with E-state index in [1.165, 1.54) is 0 Å². The van der Waals surface area contributed by atoms with Gasteiger partial charge in [-0.05, 0) is 0 Å². The van der Waals surface area contributed by atoms with Crippen molar-refractivity contribution in [2.45, 2.75) is 6.10 Å². The molecule has 0 saturated heterocycles. The van der Waals surface area contributed by atoms with Crippen LogP contribution in [-0.2, 0) is 9.53 Å². The summed E-state index contributed by atoms with van der Waals surface area (Å²) in [6, 6.07) is 17.7. The quantitative estimate of drug-likeness (QED) is 0.596. The van der Waals surface area contributed by atoms with Gasteiger partial charge in [-0.1, -0.05) is 60.7 Å². The minimum Gasteiger partial charge on any atom is -0.451 e. The molecule has 0 spiro atoms. The molecule has 2 aromatic rings. The second kappa shape index (κ2) is 5.77. The lowest BCUT2D eigenvalue weighted by molar-refractivity contribution is -0.132. The van der Waals surface area contributed by atoms with Crippen LogP contribution in [0.2, 0.25) is 0 Å². The van der Waals surface area contributed by atoms with E-state index in [4.69, 9.17) is 4.74 Å². The zero-order chi connectivity index (χ0) is 12.8. The second-order valence-electron chi connectivity index (χ2n) is 3.75. The maximum absolute atomic E-state index is 12.3. The minimum absolute atomic E-state index is 0.228. The van der Waals surface area contributed by atoms with Gasteiger partial charge in [0.2, 0.25) is 5.78 Å². The van der Waals surface area contributed by atoms with Crippen molar-refractivity contribution in [2.24, 2.45) is 0 Å². The highest BCUT2D eigenvalue weighted by Crippen LogP contribution is 2.21. The van der Waals surface area contributed by atoms with E-state index in [1.54, 1.807) is 48.5 Å². The van der Waals surface area contributed by atoms with Crippen LogP contribution in [0.1, 0.15) is 22.0 Å². The van der Waals surface area contributed by atoms with Crippen molar-refractivity contribution in [2.75, 3.05) is 0 Å². The predicted molar refractivity (Wildman–Crippen MR) is 67.1 cm³/mol. The van der Waals surface area contributed by atoms with Crippen molar-refractivity contribution in [3.05, 3.63) is 71.8 Å². The molecular weight excluding hydrogens is 228 g/mol. The molecule has 0 saturated carbocycles. The van der Waals surface area contributed by atoms with Crippen molar-refractivity contribution in [1.82, 2.24) is 0 Å². The van der Waals surface area contributed by atoms with Gasteiger partial charge in [0.1, 0.15) is 0 Å². The third-order valence-electron chi connectivity index (χ3n) is 2.59. The summed E-state index contributed by atoms with van der Waals surface area (Å²) in [5.74, 6) is -0.228.